The number of carboxylic acids is 1. The number of amides is 1. The van der Waals surface area contributed by atoms with Crippen LogP contribution < -0.4 is 14.8 Å². The minimum Gasteiger partial charge on any atom is -0.497 e. The van der Waals surface area contributed by atoms with Crippen LogP contribution in [0, 0.1) is 17.8 Å². The predicted octanol–water partition coefficient (Wildman–Crippen LogP) is 2.38. The zero-order valence-corrected chi connectivity index (χ0v) is 14.0. The lowest BCUT2D eigenvalue weighted by Crippen LogP contribution is -2.32. The summed E-state index contributed by atoms with van der Waals surface area (Å²) < 4.78 is 10.5. The van der Waals surface area contributed by atoms with Gasteiger partial charge < -0.3 is 19.9 Å². The number of ether oxygens (including phenoxy) is 2. The van der Waals surface area contributed by atoms with Gasteiger partial charge in [0.15, 0.2) is 0 Å². The van der Waals surface area contributed by atoms with E-state index in [1.54, 1.807) is 25.3 Å². The Balaban J connectivity index is 1.78. The highest BCUT2D eigenvalue weighted by atomic mass is 16.5. The molecular formula is C18H23NO5. The Hall–Kier alpha value is -2.24. The summed E-state index contributed by atoms with van der Waals surface area (Å²) in [6, 6.07) is 4.57. The SMILES string of the molecule is COc1ccc(C(CC(=O)O)NC(=O)C2C3CCCC32)c(OC)c1. The molecule has 0 spiro atoms. The van der Waals surface area contributed by atoms with Gasteiger partial charge in [0.05, 0.1) is 26.7 Å². The van der Waals surface area contributed by atoms with E-state index in [0.29, 0.717) is 28.9 Å². The molecule has 0 aromatic heterocycles. The van der Waals surface area contributed by atoms with Crippen molar-refractivity contribution < 1.29 is 24.2 Å². The molecule has 3 unspecified atom stereocenters. The smallest absolute Gasteiger partial charge is 0.305 e. The Kier molecular flexibility index (Phi) is 4.64. The van der Waals surface area contributed by atoms with Crippen molar-refractivity contribution in [2.75, 3.05) is 14.2 Å². The fraction of sp³-hybridized carbons (Fsp3) is 0.556. The Bertz CT molecular complexity index is 634. The summed E-state index contributed by atoms with van der Waals surface area (Å²) in [4.78, 5) is 23.8. The minimum atomic E-state index is -0.964. The first kappa shape index (κ1) is 16.6. The molecule has 2 aliphatic carbocycles. The van der Waals surface area contributed by atoms with Gasteiger partial charge in [-0.25, -0.2) is 0 Å². The zero-order chi connectivity index (χ0) is 17.3. The highest BCUT2D eigenvalue weighted by Gasteiger charge is 2.56. The number of benzene rings is 1. The molecular weight excluding hydrogens is 310 g/mol. The molecule has 0 heterocycles. The molecule has 0 bridgehead atoms. The second-order valence-electron chi connectivity index (χ2n) is 6.55. The first-order valence-corrected chi connectivity index (χ1v) is 8.29. The van der Waals surface area contributed by atoms with Gasteiger partial charge in [-0.3, -0.25) is 9.59 Å². The number of carboxylic acid groups (broad SMARTS) is 1. The maximum absolute atomic E-state index is 12.5. The lowest BCUT2D eigenvalue weighted by molar-refractivity contribution is -0.137. The molecule has 2 saturated carbocycles. The number of methoxy groups -OCH3 is 2. The number of hydrogen-bond donors (Lipinski definition) is 2. The minimum absolute atomic E-state index is 0.0335. The van der Waals surface area contributed by atoms with E-state index < -0.39 is 12.0 Å². The second kappa shape index (κ2) is 6.71. The van der Waals surface area contributed by atoms with Crippen LogP contribution in [0.1, 0.15) is 37.3 Å². The first-order chi connectivity index (χ1) is 11.5. The van der Waals surface area contributed by atoms with Gasteiger partial charge in [-0.1, -0.05) is 6.42 Å². The third-order valence-corrected chi connectivity index (χ3v) is 5.22. The van der Waals surface area contributed by atoms with Crippen LogP contribution in [0.15, 0.2) is 18.2 Å². The summed E-state index contributed by atoms with van der Waals surface area (Å²) in [5.41, 5.74) is 0.653. The normalized spacial score (nSPS) is 25.5. The van der Waals surface area contributed by atoms with Crippen molar-refractivity contribution in [3.63, 3.8) is 0 Å². The summed E-state index contributed by atoms with van der Waals surface area (Å²) >= 11 is 0. The van der Waals surface area contributed by atoms with Crippen LogP contribution in [0.5, 0.6) is 11.5 Å². The number of carbonyl (C=O) groups is 2. The fourth-order valence-electron chi connectivity index (χ4n) is 4.00. The van der Waals surface area contributed by atoms with E-state index >= 15 is 0 Å². The third-order valence-electron chi connectivity index (χ3n) is 5.22. The molecule has 0 aliphatic heterocycles. The van der Waals surface area contributed by atoms with Crippen LogP contribution in [0.3, 0.4) is 0 Å². The predicted molar refractivity (Wildman–Crippen MR) is 87.0 cm³/mol. The molecule has 2 fully saturated rings. The van der Waals surface area contributed by atoms with Gasteiger partial charge in [-0.15, -0.1) is 0 Å². The first-order valence-electron chi connectivity index (χ1n) is 8.29. The van der Waals surface area contributed by atoms with Gasteiger partial charge >= 0.3 is 5.97 Å². The molecule has 0 saturated heterocycles. The lowest BCUT2D eigenvalue weighted by Gasteiger charge is -2.21. The molecule has 2 N–H and O–H groups in total. The molecule has 3 rings (SSSR count). The molecule has 24 heavy (non-hydrogen) atoms. The molecule has 130 valence electrons. The molecule has 0 radical (unpaired) electrons. The van der Waals surface area contributed by atoms with Gasteiger partial charge in [0.2, 0.25) is 5.91 Å². The van der Waals surface area contributed by atoms with Gasteiger partial charge in [0.1, 0.15) is 11.5 Å². The number of aliphatic carboxylic acids is 1. The van der Waals surface area contributed by atoms with Gasteiger partial charge in [-0.05, 0) is 36.8 Å². The van der Waals surface area contributed by atoms with Crippen molar-refractivity contribution >= 4 is 11.9 Å². The third kappa shape index (κ3) is 3.18. The number of carbonyl (C=O) groups excluding carboxylic acids is 1. The lowest BCUT2D eigenvalue weighted by atomic mass is 10.0. The van der Waals surface area contributed by atoms with Gasteiger partial charge in [0.25, 0.3) is 0 Å². The van der Waals surface area contributed by atoms with Gasteiger partial charge in [0, 0.05) is 17.5 Å². The monoisotopic (exact) mass is 333 g/mol. The van der Waals surface area contributed by atoms with E-state index in [2.05, 4.69) is 5.32 Å². The Labute approximate surface area is 141 Å². The van der Waals surface area contributed by atoms with E-state index in [1.165, 1.54) is 13.5 Å². The van der Waals surface area contributed by atoms with Crippen LogP contribution in [-0.2, 0) is 9.59 Å². The van der Waals surface area contributed by atoms with Crippen molar-refractivity contribution in [2.24, 2.45) is 17.8 Å². The van der Waals surface area contributed by atoms with E-state index in [1.807, 2.05) is 0 Å². The molecule has 6 heteroatoms. The van der Waals surface area contributed by atoms with E-state index in [0.717, 1.165) is 12.8 Å². The molecule has 1 aromatic rings. The number of fused-ring (bicyclic) bond motifs is 1. The zero-order valence-electron chi connectivity index (χ0n) is 14.0. The van der Waals surface area contributed by atoms with E-state index in [9.17, 15) is 14.7 Å². The number of hydrogen-bond acceptors (Lipinski definition) is 4. The molecule has 6 nitrogen and oxygen atoms in total. The fourth-order valence-corrected chi connectivity index (χ4v) is 4.00. The number of rotatable bonds is 7. The van der Waals surface area contributed by atoms with Gasteiger partial charge in [-0.2, -0.15) is 0 Å². The van der Waals surface area contributed by atoms with Crippen LogP contribution >= 0.6 is 0 Å². The molecule has 1 amide bonds. The van der Waals surface area contributed by atoms with Crippen LogP contribution in [0.4, 0.5) is 0 Å². The molecule has 3 atom stereocenters. The quantitative estimate of drug-likeness (QED) is 0.800. The Morgan fingerprint density at radius 3 is 2.54 bits per heavy atom. The average Bonchev–Trinajstić information content (AvgIpc) is 3.06. The maximum Gasteiger partial charge on any atom is 0.305 e. The van der Waals surface area contributed by atoms with Crippen molar-refractivity contribution in [1.29, 1.82) is 0 Å². The van der Waals surface area contributed by atoms with Crippen LogP contribution in [0.25, 0.3) is 0 Å². The highest BCUT2D eigenvalue weighted by Crippen LogP contribution is 2.57. The molecule has 1 aromatic carbocycles. The number of nitrogens with one attached hydrogen (secondary N) is 1. The summed E-state index contributed by atoms with van der Waals surface area (Å²) in [5, 5.41) is 12.1. The van der Waals surface area contributed by atoms with Crippen molar-refractivity contribution in [2.45, 2.75) is 31.7 Å². The topological polar surface area (TPSA) is 84.9 Å². The largest absolute Gasteiger partial charge is 0.497 e. The summed E-state index contributed by atoms with van der Waals surface area (Å²) in [6.45, 7) is 0. The standard InChI is InChI=1S/C18H23NO5/c1-23-10-6-7-13(15(8-10)24-2)14(9-16(20)21)19-18(22)17-11-4-3-5-12(11)17/h6-8,11-12,14,17H,3-5,9H2,1-2H3,(H,19,22)(H,20,21). The molecule has 2 aliphatic rings. The Morgan fingerprint density at radius 2 is 1.96 bits per heavy atom. The summed E-state index contributed by atoms with van der Waals surface area (Å²) in [7, 11) is 3.07. The van der Waals surface area contributed by atoms with E-state index in [4.69, 9.17) is 9.47 Å². The summed E-state index contributed by atoms with van der Waals surface area (Å²) in [5.74, 6) is 1.17. The summed E-state index contributed by atoms with van der Waals surface area (Å²) in [6.07, 6.45) is 3.23. The van der Waals surface area contributed by atoms with Crippen molar-refractivity contribution in [3.05, 3.63) is 23.8 Å². The highest BCUT2D eigenvalue weighted by molar-refractivity contribution is 5.83. The van der Waals surface area contributed by atoms with Crippen LogP contribution in [-0.4, -0.2) is 31.2 Å². The Morgan fingerprint density at radius 1 is 1.25 bits per heavy atom. The van der Waals surface area contributed by atoms with Crippen LogP contribution in [0.2, 0.25) is 0 Å². The second-order valence-corrected chi connectivity index (χ2v) is 6.55. The maximum atomic E-state index is 12.5. The van der Waals surface area contributed by atoms with Crippen molar-refractivity contribution in [1.82, 2.24) is 5.32 Å². The van der Waals surface area contributed by atoms with E-state index in [-0.39, 0.29) is 18.2 Å². The average molecular weight is 333 g/mol. The van der Waals surface area contributed by atoms with Crippen molar-refractivity contribution in [3.8, 4) is 11.5 Å².